The average Bonchev–Trinajstić information content (AvgIpc) is 3.00. The first-order chi connectivity index (χ1) is 10.3. The van der Waals surface area contributed by atoms with E-state index < -0.39 is 0 Å². The zero-order valence-corrected chi connectivity index (χ0v) is 11.5. The Labute approximate surface area is 122 Å². The third-order valence-electron chi connectivity index (χ3n) is 3.34. The van der Waals surface area contributed by atoms with Gasteiger partial charge in [0.15, 0.2) is 0 Å². The smallest absolute Gasteiger partial charge is 0.250 e. The summed E-state index contributed by atoms with van der Waals surface area (Å²) in [6.07, 6.45) is 2.98. The Bertz CT molecular complexity index is 777. The van der Waals surface area contributed by atoms with Gasteiger partial charge >= 0.3 is 0 Å². The Morgan fingerprint density at radius 2 is 2.05 bits per heavy atom. The number of carbonyl (C=O) groups excluding carboxylic acids is 1. The highest BCUT2D eigenvalue weighted by Crippen LogP contribution is 2.22. The highest BCUT2D eigenvalue weighted by Gasteiger charge is 2.14. The fourth-order valence-electron chi connectivity index (χ4n) is 2.26. The number of nitrogens with one attached hydrogen (secondary N) is 1. The number of amides is 1. The predicted molar refractivity (Wildman–Crippen MR) is 83.9 cm³/mol. The van der Waals surface area contributed by atoms with Crippen LogP contribution in [0.25, 0.3) is 11.0 Å². The number of aromatic nitrogens is 2. The number of benzene rings is 2. The van der Waals surface area contributed by atoms with Crippen molar-refractivity contribution in [1.29, 1.82) is 0 Å². The molecule has 0 saturated heterocycles. The van der Waals surface area contributed by atoms with Gasteiger partial charge in [0.1, 0.15) is 0 Å². The van der Waals surface area contributed by atoms with Crippen molar-refractivity contribution in [1.82, 2.24) is 9.97 Å². The minimum Gasteiger partial charge on any atom is -0.345 e. The molecule has 0 unspecified atom stereocenters. The van der Waals surface area contributed by atoms with Gasteiger partial charge in [-0.15, -0.1) is 0 Å². The van der Waals surface area contributed by atoms with Crippen LogP contribution < -0.4 is 4.90 Å². The van der Waals surface area contributed by atoms with Crippen molar-refractivity contribution in [3.8, 4) is 0 Å². The number of carbonyl (C=O) groups is 1. The maximum Gasteiger partial charge on any atom is 0.250 e. The quantitative estimate of drug-likeness (QED) is 0.744. The van der Waals surface area contributed by atoms with Gasteiger partial charge in [-0.3, -0.25) is 4.79 Å². The number of anilines is 1. The highest BCUT2D eigenvalue weighted by atomic mass is 16.2. The van der Waals surface area contributed by atoms with E-state index >= 15 is 0 Å². The van der Waals surface area contributed by atoms with Gasteiger partial charge in [-0.05, 0) is 29.8 Å². The Hall–Kier alpha value is -2.88. The summed E-state index contributed by atoms with van der Waals surface area (Å²) in [6.45, 7) is 4.09. The molecule has 1 amide bonds. The molecule has 104 valence electrons. The van der Waals surface area contributed by atoms with E-state index in [0.29, 0.717) is 6.54 Å². The summed E-state index contributed by atoms with van der Waals surface area (Å²) in [5.41, 5.74) is 3.67. The molecule has 0 aliphatic rings. The molecular formula is C17H15N3O. The van der Waals surface area contributed by atoms with Crippen LogP contribution >= 0.6 is 0 Å². The highest BCUT2D eigenvalue weighted by molar-refractivity contribution is 6.02. The van der Waals surface area contributed by atoms with E-state index in [-0.39, 0.29) is 5.91 Å². The van der Waals surface area contributed by atoms with Gasteiger partial charge in [0, 0.05) is 5.69 Å². The molecule has 4 heteroatoms. The molecule has 0 saturated carbocycles. The number of imidazole rings is 1. The molecule has 3 rings (SSSR count). The number of hydrogen-bond donors (Lipinski definition) is 1. The van der Waals surface area contributed by atoms with Crippen LogP contribution in [0, 0.1) is 0 Å². The molecule has 0 aliphatic heterocycles. The van der Waals surface area contributed by atoms with Gasteiger partial charge in [-0.2, -0.15) is 0 Å². The van der Waals surface area contributed by atoms with E-state index in [1.54, 1.807) is 11.2 Å². The maximum atomic E-state index is 12.2. The first-order valence-electron chi connectivity index (χ1n) is 6.69. The average molecular weight is 277 g/mol. The van der Waals surface area contributed by atoms with Crippen molar-refractivity contribution in [2.75, 3.05) is 4.90 Å². The number of fused-ring (bicyclic) bond motifs is 1. The lowest BCUT2D eigenvalue weighted by atomic mass is 10.2. The normalized spacial score (nSPS) is 10.5. The van der Waals surface area contributed by atoms with E-state index in [4.69, 9.17) is 0 Å². The molecule has 21 heavy (non-hydrogen) atoms. The summed E-state index contributed by atoms with van der Waals surface area (Å²) < 4.78 is 0. The van der Waals surface area contributed by atoms with Crippen LogP contribution in [0.15, 0.2) is 67.5 Å². The third-order valence-corrected chi connectivity index (χ3v) is 3.34. The van der Waals surface area contributed by atoms with Crippen molar-refractivity contribution in [3.05, 3.63) is 73.1 Å². The first-order valence-corrected chi connectivity index (χ1v) is 6.69. The third kappa shape index (κ3) is 2.69. The van der Waals surface area contributed by atoms with E-state index in [1.807, 2.05) is 48.5 Å². The number of nitrogens with zero attached hydrogens (tertiary/aromatic N) is 2. The zero-order valence-electron chi connectivity index (χ0n) is 11.5. The molecule has 0 aliphatic carbocycles. The number of H-pyrrole nitrogens is 1. The van der Waals surface area contributed by atoms with Crippen molar-refractivity contribution >= 4 is 22.6 Å². The number of hydrogen-bond acceptors (Lipinski definition) is 2. The van der Waals surface area contributed by atoms with Gasteiger partial charge in [0.05, 0.1) is 23.9 Å². The largest absolute Gasteiger partial charge is 0.345 e. The van der Waals surface area contributed by atoms with E-state index in [2.05, 4.69) is 16.5 Å². The zero-order chi connectivity index (χ0) is 14.7. The van der Waals surface area contributed by atoms with E-state index in [9.17, 15) is 4.79 Å². The second-order valence-electron chi connectivity index (χ2n) is 4.72. The van der Waals surface area contributed by atoms with Crippen molar-refractivity contribution in [3.63, 3.8) is 0 Å². The number of rotatable bonds is 4. The lowest BCUT2D eigenvalue weighted by Gasteiger charge is -2.21. The standard InChI is InChI=1S/C17H15N3O/c1-2-17(21)20(11-13-6-4-3-5-7-13)14-8-9-15-16(10-14)19-12-18-15/h2-10,12H,1,11H2,(H,18,19). The van der Waals surface area contributed by atoms with Crippen molar-refractivity contribution < 1.29 is 4.79 Å². The lowest BCUT2D eigenvalue weighted by molar-refractivity contribution is -0.114. The molecule has 1 N–H and O–H groups in total. The molecule has 1 heterocycles. The predicted octanol–water partition coefficient (Wildman–Crippen LogP) is 3.28. The van der Waals surface area contributed by atoms with Gasteiger partial charge in [-0.1, -0.05) is 36.9 Å². The van der Waals surface area contributed by atoms with Crippen LogP contribution in [0.3, 0.4) is 0 Å². The van der Waals surface area contributed by atoms with Gasteiger partial charge in [0.2, 0.25) is 0 Å². The van der Waals surface area contributed by atoms with E-state index in [0.717, 1.165) is 22.3 Å². The molecule has 1 aromatic heterocycles. The summed E-state index contributed by atoms with van der Waals surface area (Å²) in [6, 6.07) is 15.6. The van der Waals surface area contributed by atoms with Gasteiger partial charge in [-0.25, -0.2) is 4.98 Å². The van der Waals surface area contributed by atoms with Crippen LogP contribution in [0.2, 0.25) is 0 Å². The fourth-order valence-corrected chi connectivity index (χ4v) is 2.26. The molecular weight excluding hydrogens is 262 g/mol. The Morgan fingerprint density at radius 1 is 1.24 bits per heavy atom. The van der Waals surface area contributed by atoms with Gasteiger partial charge < -0.3 is 9.88 Å². The molecule has 2 aromatic carbocycles. The first kappa shape index (κ1) is 13.1. The molecule has 0 atom stereocenters. The monoisotopic (exact) mass is 277 g/mol. The molecule has 0 fully saturated rings. The SMILES string of the molecule is C=CC(=O)N(Cc1ccccc1)c1ccc2nc[nH]c2c1. The summed E-state index contributed by atoms with van der Waals surface area (Å²) in [5, 5.41) is 0. The summed E-state index contributed by atoms with van der Waals surface area (Å²) >= 11 is 0. The second kappa shape index (κ2) is 5.63. The minimum atomic E-state index is -0.127. The van der Waals surface area contributed by atoms with Crippen LogP contribution in [0.1, 0.15) is 5.56 Å². The second-order valence-corrected chi connectivity index (χ2v) is 4.72. The topological polar surface area (TPSA) is 49.0 Å². The molecule has 0 spiro atoms. The molecule has 3 aromatic rings. The Balaban J connectivity index is 1.98. The number of aromatic amines is 1. The summed E-state index contributed by atoms with van der Waals surface area (Å²) in [7, 11) is 0. The van der Waals surface area contributed by atoms with E-state index in [1.165, 1.54) is 6.08 Å². The van der Waals surface area contributed by atoms with Crippen LogP contribution in [-0.2, 0) is 11.3 Å². The lowest BCUT2D eigenvalue weighted by Crippen LogP contribution is -2.28. The van der Waals surface area contributed by atoms with Crippen LogP contribution in [-0.4, -0.2) is 15.9 Å². The van der Waals surface area contributed by atoms with Crippen LogP contribution in [0.4, 0.5) is 5.69 Å². The maximum absolute atomic E-state index is 12.2. The molecule has 0 bridgehead atoms. The van der Waals surface area contributed by atoms with Crippen molar-refractivity contribution in [2.45, 2.75) is 6.54 Å². The fraction of sp³-hybridized carbons (Fsp3) is 0.0588. The van der Waals surface area contributed by atoms with Gasteiger partial charge in [0.25, 0.3) is 5.91 Å². The summed E-state index contributed by atoms with van der Waals surface area (Å²) in [4.78, 5) is 21.1. The Morgan fingerprint density at radius 3 is 2.81 bits per heavy atom. The molecule has 4 nitrogen and oxygen atoms in total. The van der Waals surface area contributed by atoms with Crippen molar-refractivity contribution in [2.24, 2.45) is 0 Å². The Kier molecular flexibility index (Phi) is 3.51. The molecule has 0 radical (unpaired) electrons. The summed E-state index contributed by atoms with van der Waals surface area (Å²) in [5.74, 6) is -0.127. The minimum absolute atomic E-state index is 0.127. The van der Waals surface area contributed by atoms with Crippen LogP contribution in [0.5, 0.6) is 0 Å².